The first-order valence-electron chi connectivity index (χ1n) is 3.41. The van der Waals surface area contributed by atoms with Gasteiger partial charge in [-0.25, -0.2) is 0 Å². The van der Waals surface area contributed by atoms with E-state index in [1.54, 1.807) is 0 Å². The summed E-state index contributed by atoms with van der Waals surface area (Å²) >= 11 is 0. The van der Waals surface area contributed by atoms with Crippen molar-refractivity contribution in [3.63, 3.8) is 0 Å². The third-order valence-electron chi connectivity index (χ3n) is 0.994. The van der Waals surface area contributed by atoms with Gasteiger partial charge in [-0.3, -0.25) is 13.9 Å². The maximum atomic E-state index is 11.0. The van der Waals surface area contributed by atoms with Gasteiger partial charge in [0.15, 0.2) is 0 Å². The maximum Gasteiger partial charge on any atom is 0.398 e. The summed E-state index contributed by atoms with van der Waals surface area (Å²) in [5.41, 5.74) is -1.02. The molecule has 74 valence electrons. The van der Waals surface area contributed by atoms with E-state index in [1.807, 2.05) is 0 Å². The minimum Gasteiger partial charge on any atom is -0.510 e. The van der Waals surface area contributed by atoms with Crippen molar-refractivity contribution < 1.29 is 23.9 Å². The topological polar surface area (TPSA) is 83.8 Å². The van der Waals surface area contributed by atoms with Gasteiger partial charge in [0, 0.05) is 0 Å². The van der Waals surface area contributed by atoms with Crippen LogP contribution in [0.25, 0.3) is 0 Å². The zero-order valence-electron chi connectivity index (χ0n) is 7.14. The van der Waals surface area contributed by atoms with Gasteiger partial charge in [0.2, 0.25) is 0 Å². The molecule has 2 N–H and O–H groups in total. The van der Waals surface area contributed by atoms with Crippen LogP contribution in [-0.4, -0.2) is 22.1 Å². The SMILES string of the molecule is C=C(O)COP(=O)(O)C(=O)C=CC. The van der Waals surface area contributed by atoms with Crippen molar-refractivity contribution in [2.75, 3.05) is 6.61 Å². The Morgan fingerprint density at radius 3 is 2.62 bits per heavy atom. The van der Waals surface area contributed by atoms with Crippen molar-refractivity contribution in [2.45, 2.75) is 6.92 Å². The fraction of sp³-hybridized carbons (Fsp3) is 0.286. The zero-order valence-corrected chi connectivity index (χ0v) is 8.03. The van der Waals surface area contributed by atoms with Crippen LogP contribution in [0.5, 0.6) is 0 Å². The smallest absolute Gasteiger partial charge is 0.398 e. The van der Waals surface area contributed by atoms with Crippen molar-refractivity contribution in [3.05, 3.63) is 24.5 Å². The fourth-order valence-corrected chi connectivity index (χ4v) is 1.25. The summed E-state index contributed by atoms with van der Waals surface area (Å²) in [6, 6.07) is 0. The second-order valence-corrected chi connectivity index (χ2v) is 3.94. The fourth-order valence-electron chi connectivity index (χ4n) is 0.462. The van der Waals surface area contributed by atoms with Gasteiger partial charge in [-0.05, 0) is 13.0 Å². The van der Waals surface area contributed by atoms with Gasteiger partial charge in [-0.1, -0.05) is 12.7 Å². The molecule has 0 radical (unpaired) electrons. The molecule has 5 nitrogen and oxygen atoms in total. The molecule has 0 spiro atoms. The summed E-state index contributed by atoms with van der Waals surface area (Å²) in [5, 5.41) is 8.55. The lowest BCUT2D eigenvalue weighted by Crippen LogP contribution is -2.02. The van der Waals surface area contributed by atoms with E-state index >= 15 is 0 Å². The van der Waals surface area contributed by atoms with E-state index in [0.717, 1.165) is 6.08 Å². The summed E-state index contributed by atoms with van der Waals surface area (Å²) in [4.78, 5) is 19.8. The van der Waals surface area contributed by atoms with Gasteiger partial charge in [0.25, 0.3) is 5.52 Å². The number of carbonyl (C=O) groups is 1. The average molecular weight is 206 g/mol. The van der Waals surface area contributed by atoms with Crippen molar-refractivity contribution in [1.82, 2.24) is 0 Å². The lowest BCUT2D eigenvalue weighted by Gasteiger charge is -2.07. The lowest BCUT2D eigenvalue weighted by molar-refractivity contribution is -0.109. The number of hydrogen-bond donors (Lipinski definition) is 2. The van der Waals surface area contributed by atoms with Gasteiger partial charge in [-0.15, -0.1) is 0 Å². The molecule has 0 rings (SSSR count). The van der Waals surface area contributed by atoms with E-state index in [1.165, 1.54) is 13.0 Å². The van der Waals surface area contributed by atoms with Gasteiger partial charge < -0.3 is 10.00 Å². The highest BCUT2D eigenvalue weighted by molar-refractivity contribution is 7.71. The molecule has 13 heavy (non-hydrogen) atoms. The Bertz CT molecular complexity index is 281. The lowest BCUT2D eigenvalue weighted by atomic mass is 10.6. The van der Waals surface area contributed by atoms with E-state index in [9.17, 15) is 9.36 Å². The molecule has 1 atom stereocenters. The standard InChI is InChI=1S/C7H11O5P/c1-3-4-7(9)13(10,11)12-5-6(2)8/h3-4,8H,2,5H2,1H3,(H,10,11). The molecule has 0 saturated heterocycles. The second kappa shape index (κ2) is 4.97. The first kappa shape index (κ1) is 12.1. The summed E-state index contributed by atoms with van der Waals surface area (Å²) < 4.78 is 15.3. The number of hydrogen-bond acceptors (Lipinski definition) is 4. The van der Waals surface area contributed by atoms with Gasteiger partial charge in [0.05, 0.1) is 0 Å². The van der Waals surface area contributed by atoms with E-state index in [4.69, 9.17) is 10.00 Å². The average Bonchev–Trinajstić information content (AvgIpc) is 2.01. The third-order valence-corrected chi connectivity index (χ3v) is 2.18. The van der Waals surface area contributed by atoms with Gasteiger partial charge in [-0.2, -0.15) is 0 Å². The highest BCUT2D eigenvalue weighted by Crippen LogP contribution is 2.43. The van der Waals surface area contributed by atoms with Crippen LogP contribution in [0.2, 0.25) is 0 Å². The first-order chi connectivity index (χ1) is 5.90. The highest BCUT2D eigenvalue weighted by Gasteiger charge is 2.27. The number of aliphatic hydroxyl groups is 1. The Kier molecular flexibility index (Phi) is 4.62. The first-order valence-corrected chi connectivity index (χ1v) is 4.99. The van der Waals surface area contributed by atoms with Crippen LogP contribution < -0.4 is 0 Å². The summed E-state index contributed by atoms with van der Waals surface area (Å²) in [7, 11) is -4.30. The molecule has 0 bridgehead atoms. The van der Waals surface area contributed by atoms with Gasteiger partial charge >= 0.3 is 7.60 Å². The monoisotopic (exact) mass is 206 g/mol. The molecule has 0 fully saturated rings. The quantitative estimate of drug-likeness (QED) is 0.403. The van der Waals surface area contributed by atoms with Crippen LogP contribution in [0.3, 0.4) is 0 Å². The minimum absolute atomic E-state index is 0.414. The molecular weight excluding hydrogens is 195 g/mol. The molecule has 0 aliphatic rings. The van der Waals surface area contributed by atoms with Crippen LogP contribution in [-0.2, 0) is 13.9 Å². The number of rotatable bonds is 5. The Labute approximate surface area is 75.9 Å². The van der Waals surface area contributed by atoms with Crippen LogP contribution in [0, 0.1) is 0 Å². The number of allylic oxidation sites excluding steroid dienone is 2. The molecule has 0 aromatic rings. The van der Waals surface area contributed by atoms with Crippen LogP contribution >= 0.6 is 7.60 Å². The molecule has 0 aromatic carbocycles. The molecule has 0 aliphatic heterocycles. The minimum atomic E-state index is -4.30. The highest BCUT2D eigenvalue weighted by atomic mass is 31.2. The predicted octanol–water partition coefficient (Wildman–Crippen LogP) is 1.36. The van der Waals surface area contributed by atoms with Crippen LogP contribution in [0.4, 0.5) is 0 Å². The number of aliphatic hydroxyl groups excluding tert-OH is 1. The largest absolute Gasteiger partial charge is 0.510 e. The zero-order chi connectivity index (χ0) is 10.5. The molecule has 0 aliphatic carbocycles. The molecule has 0 saturated carbocycles. The van der Waals surface area contributed by atoms with E-state index < -0.39 is 25.5 Å². The summed E-state index contributed by atoms with van der Waals surface area (Å²) in [5.74, 6) is -0.414. The molecule has 0 aromatic heterocycles. The van der Waals surface area contributed by atoms with Gasteiger partial charge in [0.1, 0.15) is 12.4 Å². The van der Waals surface area contributed by atoms with E-state index in [-0.39, 0.29) is 0 Å². The van der Waals surface area contributed by atoms with Crippen molar-refractivity contribution in [2.24, 2.45) is 0 Å². The van der Waals surface area contributed by atoms with Crippen molar-refractivity contribution in [1.29, 1.82) is 0 Å². The molecule has 1 unspecified atom stereocenters. The molecule has 0 amide bonds. The Hall–Kier alpha value is -0.900. The second-order valence-electron chi connectivity index (χ2n) is 2.20. The van der Waals surface area contributed by atoms with Crippen LogP contribution in [0.15, 0.2) is 24.5 Å². The van der Waals surface area contributed by atoms with Crippen LogP contribution in [0.1, 0.15) is 6.92 Å². The Morgan fingerprint density at radius 1 is 1.69 bits per heavy atom. The summed E-state index contributed by atoms with van der Waals surface area (Å²) in [6.07, 6.45) is 2.25. The Balaban J connectivity index is 4.31. The molecule has 0 heterocycles. The van der Waals surface area contributed by atoms with Crippen molar-refractivity contribution in [3.8, 4) is 0 Å². The third kappa shape index (κ3) is 4.62. The predicted molar refractivity (Wildman–Crippen MR) is 47.4 cm³/mol. The van der Waals surface area contributed by atoms with E-state index in [2.05, 4.69) is 11.1 Å². The normalized spacial score (nSPS) is 15.5. The van der Waals surface area contributed by atoms with E-state index in [0.29, 0.717) is 0 Å². The maximum absolute atomic E-state index is 11.0. The van der Waals surface area contributed by atoms with Crippen molar-refractivity contribution >= 4 is 13.1 Å². The number of carbonyl (C=O) groups excluding carboxylic acids is 1. The molecular formula is C7H11O5P. The molecule has 6 heteroatoms. The Morgan fingerprint density at radius 2 is 2.23 bits per heavy atom. The summed E-state index contributed by atoms with van der Waals surface area (Å²) in [6.45, 7) is 4.03.